The predicted octanol–water partition coefficient (Wildman–Crippen LogP) is 4.56. The summed E-state index contributed by atoms with van der Waals surface area (Å²) in [5, 5.41) is 3.37. The molecule has 0 bridgehead atoms. The van der Waals surface area contributed by atoms with Gasteiger partial charge in [-0.3, -0.25) is 4.79 Å². The lowest BCUT2D eigenvalue weighted by molar-refractivity contribution is 0.103. The second kappa shape index (κ2) is 5.29. The van der Waals surface area contributed by atoms with Crippen molar-refractivity contribution >= 4 is 27.5 Å². The molecule has 0 saturated carbocycles. The lowest BCUT2D eigenvalue weighted by Gasteiger charge is -2.02. The Kier molecular flexibility index (Phi) is 3.12. The summed E-state index contributed by atoms with van der Waals surface area (Å²) in [6, 6.07) is 21.4. The van der Waals surface area contributed by atoms with Crippen LogP contribution in [-0.4, -0.2) is 17.9 Å². The fourth-order valence-electron chi connectivity index (χ4n) is 2.93. The maximum atomic E-state index is 12.7. The molecule has 0 amide bonds. The van der Waals surface area contributed by atoms with Crippen LogP contribution in [0.2, 0.25) is 0 Å². The lowest BCUT2D eigenvalue weighted by Crippen LogP contribution is -2.01. The molecule has 3 aromatic carbocycles. The molecular weight excluding hydrogens is 286 g/mol. The molecule has 3 heteroatoms. The van der Waals surface area contributed by atoms with Crippen LogP contribution in [0, 0.1) is 0 Å². The van der Waals surface area contributed by atoms with E-state index in [9.17, 15) is 4.79 Å². The Bertz CT molecular complexity index is 1030. The first-order valence-electron chi connectivity index (χ1n) is 7.45. The molecule has 1 aromatic heterocycles. The fraction of sp³-hybridized carbons (Fsp3) is 0.0500. The van der Waals surface area contributed by atoms with Crippen LogP contribution in [0.25, 0.3) is 21.7 Å². The van der Waals surface area contributed by atoms with Crippen molar-refractivity contribution in [3.05, 3.63) is 78.0 Å². The van der Waals surface area contributed by atoms with Gasteiger partial charge in [-0.25, -0.2) is 0 Å². The van der Waals surface area contributed by atoms with Gasteiger partial charge in [0.1, 0.15) is 5.75 Å². The third-order valence-electron chi connectivity index (χ3n) is 4.11. The largest absolute Gasteiger partial charge is 0.497 e. The van der Waals surface area contributed by atoms with Gasteiger partial charge in [-0.15, -0.1) is 0 Å². The molecule has 0 atom stereocenters. The highest BCUT2D eigenvalue weighted by atomic mass is 16.5. The average Bonchev–Trinajstić information content (AvgIpc) is 3.06. The molecule has 0 radical (unpaired) electrons. The van der Waals surface area contributed by atoms with Crippen molar-refractivity contribution in [1.29, 1.82) is 0 Å². The van der Waals surface area contributed by atoms with Gasteiger partial charge in [0.2, 0.25) is 5.78 Å². The maximum Gasteiger partial charge on any atom is 0.209 e. The van der Waals surface area contributed by atoms with E-state index in [1.165, 1.54) is 5.39 Å². The van der Waals surface area contributed by atoms with E-state index >= 15 is 0 Å². The smallest absolute Gasteiger partial charge is 0.209 e. The van der Waals surface area contributed by atoms with Crippen molar-refractivity contribution in [2.45, 2.75) is 0 Å². The summed E-state index contributed by atoms with van der Waals surface area (Å²) in [6.07, 6.45) is 0. The number of rotatable bonds is 3. The van der Waals surface area contributed by atoms with Gasteiger partial charge in [-0.05, 0) is 35.0 Å². The Hall–Kier alpha value is -3.07. The quantitative estimate of drug-likeness (QED) is 0.564. The predicted molar refractivity (Wildman–Crippen MR) is 92.2 cm³/mol. The van der Waals surface area contributed by atoms with E-state index in [2.05, 4.69) is 23.2 Å². The summed E-state index contributed by atoms with van der Waals surface area (Å²) >= 11 is 0. The zero-order chi connectivity index (χ0) is 15.8. The van der Waals surface area contributed by atoms with Crippen LogP contribution in [-0.2, 0) is 0 Å². The minimum Gasteiger partial charge on any atom is -0.497 e. The number of hydrogen-bond acceptors (Lipinski definition) is 2. The highest BCUT2D eigenvalue weighted by molar-refractivity contribution is 6.14. The van der Waals surface area contributed by atoms with Crippen molar-refractivity contribution < 1.29 is 9.53 Å². The van der Waals surface area contributed by atoms with E-state index < -0.39 is 0 Å². The Morgan fingerprint density at radius 1 is 0.913 bits per heavy atom. The monoisotopic (exact) mass is 301 g/mol. The normalized spacial score (nSPS) is 11.0. The van der Waals surface area contributed by atoms with Crippen molar-refractivity contribution in [3.63, 3.8) is 0 Å². The molecule has 1 N–H and O–H groups in total. The van der Waals surface area contributed by atoms with E-state index in [-0.39, 0.29) is 5.78 Å². The molecule has 0 aliphatic rings. The molecule has 0 saturated heterocycles. The van der Waals surface area contributed by atoms with Crippen LogP contribution in [0.3, 0.4) is 0 Å². The molecule has 4 aromatic rings. The van der Waals surface area contributed by atoms with Crippen LogP contribution in [0.1, 0.15) is 16.1 Å². The first-order valence-corrected chi connectivity index (χ1v) is 7.45. The number of ether oxygens (including phenoxy) is 1. The standard InChI is InChI=1S/C20H15NO2/c1-23-15-7-4-6-14(11-15)20(22)19-12-17-16-8-3-2-5-13(16)9-10-18(17)21-19/h2-12,21H,1H3. The number of aromatic amines is 1. The summed E-state index contributed by atoms with van der Waals surface area (Å²) in [7, 11) is 1.60. The number of carbonyl (C=O) groups is 1. The van der Waals surface area contributed by atoms with E-state index in [0.717, 1.165) is 16.3 Å². The fourth-order valence-corrected chi connectivity index (χ4v) is 2.93. The summed E-state index contributed by atoms with van der Waals surface area (Å²) in [5.74, 6) is 0.640. The van der Waals surface area contributed by atoms with Crippen molar-refractivity contribution in [3.8, 4) is 5.75 Å². The summed E-state index contributed by atoms with van der Waals surface area (Å²) in [6.45, 7) is 0. The van der Waals surface area contributed by atoms with Gasteiger partial charge in [-0.2, -0.15) is 0 Å². The Balaban J connectivity index is 1.85. The number of benzene rings is 3. The molecule has 0 aliphatic heterocycles. The number of hydrogen-bond donors (Lipinski definition) is 1. The highest BCUT2D eigenvalue weighted by Crippen LogP contribution is 2.27. The topological polar surface area (TPSA) is 42.1 Å². The van der Waals surface area contributed by atoms with Crippen LogP contribution in [0.5, 0.6) is 5.75 Å². The molecule has 1 heterocycles. The van der Waals surface area contributed by atoms with E-state index in [1.54, 1.807) is 19.2 Å². The van der Waals surface area contributed by atoms with Crippen molar-refractivity contribution in [1.82, 2.24) is 4.98 Å². The second-order valence-corrected chi connectivity index (χ2v) is 5.49. The number of aromatic nitrogens is 1. The van der Waals surface area contributed by atoms with Crippen LogP contribution < -0.4 is 4.74 Å². The first-order chi connectivity index (χ1) is 11.3. The zero-order valence-electron chi connectivity index (χ0n) is 12.7. The van der Waals surface area contributed by atoms with Gasteiger partial charge in [0.25, 0.3) is 0 Å². The van der Waals surface area contributed by atoms with Crippen LogP contribution >= 0.6 is 0 Å². The Morgan fingerprint density at radius 3 is 2.65 bits per heavy atom. The van der Waals surface area contributed by atoms with Gasteiger partial charge in [-0.1, -0.05) is 42.5 Å². The number of ketones is 1. The van der Waals surface area contributed by atoms with E-state index in [1.807, 2.05) is 36.4 Å². The zero-order valence-corrected chi connectivity index (χ0v) is 12.7. The second-order valence-electron chi connectivity index (χ2n) is 5.49. The van der Waals surface area contributed by atoms with Gasteiger partial charge in [0.05, 0.1) is 12.8 Å². The van der Waals surface area contributed by atoms with Gasteiger partial charge < -0.3 is 9.72 Å². The molecule has 23 heavy (non-hydrogen) atoms. The average molecular weight is 301 g/mol. The van der Waals surface area contributed by atoms with Crippen molar-refractivity contribution in [2.75, 3.05) is 7.11 Å². The van der Waals surface area contributed by atoms with Crippen molar-refractivity contribution in [2.24, 2.45) is 0 Å². The third kappa shape index (κ3) is 2.27. The SMILES string of the molecule is COc1cccc(C(=O)c2cc3c(ccc4ccccc43)[nH]2)c1. The molecule has 112 valence electrons. The number of H-pyrrole nitrogens is 1. The highest BCUT2D eigenvalue weighted by Gasteiger charge is 2.14. The molecule has 0 aliphatic carbocycles. The van der Waals surface area contributed by atoms with E-state index in [0.29, 0.717) is 17.0 Å². The number of carbonyl (C=O) groups excluding carboxylic acids is 1. The summed E-state index contributed by atoms with van der Waals surface area (Å²) in [4.78, 5) is 16.0. The van der Waals surface area contributed by atoms with E-state index in [4.69, 9.17) is 4.74 Å². The minimum atomic E-state index is -0.0378. The summed E-state index contributed by atoms with van der Waals surface area (Å²) < 4.78 is 5.20. The maximum absolute atomic E-state index is 12.7. The number of methoxy groups -OCH3 is 1. The molecule has 0 fully saturated rings. The van der Waals surface area contributed by atoms with Crippen LogP contribution in [0.15, 0.2) is 66.7 Å². The van der Waals surface area contributed by atoms with Crippen LogP contribution in [0.4, 0.5) is 0 Å². The molecule has 0 spiro atoms. The third-order valence-corrected chi connectivity index (χ3v) is 4.11. The Morgan fingerprint density at radius 2 is 1.78 bits per heavy atom. The van der Waals surface area contributed by atoms with Gasteiger partial charge >= 0.3 is 0 Å². The Labute approximate surface area is 133 Å². The molecule has 4 rings (SSSR count). The molecule has 0 unspecified atom stereocenters. The van der Waals surface area contributed by atoms with Gasteiger partial charge in [0.15, 0.2) is 0 Å². The first kappa shape index (κ1) is 13.6. The molecule has 3 nitrogen and oxygen atoms in total. The van der Waals surface area contributed by atoms with Gasteiger partial charge in [0, 0.05) is 16.5 Å². The number of nitrogens with one attached hydrogen (secondary N) is 1. The minimum absolute atomic E-state index is 0.0378. The summed E-state index contributed by atoms with van der Waals surface area (Å²) in [5.41, 5.74) is 2.17. The number of fused-ring (bicyclic) bond motifs is 3. The lowest BCUT2D eigenvalue weighted by atomic mass is 10.1. The molecular formula is C20H15NO2.